The zero-order valence-corrected chi connectivity index (χ0v) is 11.6. The molecular formula is C12H10ClINO+. The highest BCUT2D eigenvalue weighted by atomic mass is 127. The predicted molar refractivity (Wildman–Crippen MR) is 59.6 cm³/mol. The molecule has 4 heteroatoms. The summed E-state index contributed by atoms with van der Waals surface area (Å²) in [7, 11) is 1.67. The first-order valence-corrected chi connectivity index (χ1v) is 7.23. The Kier molecular flexibility index (Phi) is 4.01. The van der Waals surface area contributed by atoms with Gasteiger partial charge in [-0.2, -0.15) is 4.98 Å². The molecule has 0 amide bonds. The first-order valence-electron chi connectivity index (χ1n) is 4.69. The highest BCUT2D eigenvalue weighted by Crippen LogP contribution is 2.06. The molecule has 2 nitrogen and oxygen atoms in total. The number of benzene rings is 1. The van der Waals surface area contributed by atoms with Crippen molar-refractivity contribution in [2.75, 3.05) is 7.11 Å². The van der Waals surface area contributed by atoms with E-state index in [1.54, 1.807) is 13.2 Å². The lowest BCUT2D eigenvalue weighted by Crippen LogP contribution is -3.62. The molecule has 0 radical (unpaired) electrons. The van der Waals surface area contributed by atoms with Crippen molar-refractivity contribution in [2.45, 2.75) is 0 Å². The van der Waals surface area contributed by atoms with E-state index in [0.29, 0.717) is 5.15 Å². The quantitative estimate of drug-likeness (QED) is 0.571. The van der Waals surface area contributed by atoms with Crippen LogP contribution in [0, 0.1) is 7.27 Å². The van der Waals surface area contributed by atoms with E-state index in [2.05, 4.69) is 17.1 Å². The van der Waals surface area contributed by atoms with Gasteiger partial charge in [-0.05, 0) is 30.3 Å². The van der Waals surface area contributed by atoms with E-state index in [0.717, 1.165) is 9.45 Å². The van der Waals surface area contributed by atoms with Gasteiger partial charge in [-0.1, -0.05) is 17.7 Å². The second-order valence-corrected chi connectivity index (χ2v) is 6.31. The molecule has 0 N–H and O–H groups in total. The monoisotopic (exact) mass is 346 g/mol. The van der Waals surface area contributed by atoms with Crippen molar-refractivity contribution < 1.29 is 25.9 Å². The summed E-state index contributed by atoms with van der Waals surface area (Å²) < 4.78 is 7.49. The summed E-state index contributed by atoms with van der Waals surface area (Å²) >= 11 is 5.59. The summed E-state index contributed by atoms with van der Waals surface area (Å²) in [6.07, 6.45) is 0. The van der Waals surface area contributed by atoms with Crippen LogP contribution in [0.2, 0.25) is 5.15 Å². The number of halogens is 2. The lowest BCUT2D eigenvalue weighted by atomic mass is 10.3. The van der Waals surface area contributed by atoms with Crippen LogP contribution >= 0.6 is 11.6 Å². The molecule has 0 bridgehead atoms. The van der Waals surface area contributed by atoms with Crippen LogP contribution in [0.3, 0.4) is 0 Å². The lowest BCUT2D eigenvalue weighted by molar-refractivity contribution is -0.603. The Morgan fingerprint density at radius 3 is 2.50 bits per heavy atom. The molecule has 0 aliphatic rings. The van der Waals surface area contributed by atoms with Gasteiger partial charge in [0.15, 0.2) is 3.57 Å². The molecule has 0 saturated heterocycles. The van der Waals surface area contributed by atoms with E-state index in [-0.39, 0.29) is 21.2 Å². The van der Waals surface area contributed by atoms with Gasteiger partial charge < -0.3 is 4.74 Å². The third-order valence-electron chi connectivity index (χ3n) is 1.94. The first-order chi connectivity index (χ1) is 7.78. The molecule has 0 saturated carbocycles. The number of rotatable bonds is 3. The summed E-state index contributed by atoms with van der Waals surface area (Å²) in [5, 5.41) is 0.561. The second kappa shape index (κ2) is 5.50. The molecule has 0 atom stereocenters. The van der Waals surface area contributed by atoms with E-state index in [4.69, 9.17) is 16.3 Å². The topological polar surface area (TPSA) is 22.1 Å². The molecule has 82 valence electrons. The fourth-order valence-corrected chi connectivity index (χ4v) is 3.61. The average molecular weight is 347 g/mol. The molecule has 0 fully saturated rings. The molecule has 0 spiro atoms. The highest BCUT2D eigenvalue weighted by molar-refractivity contribution is 6.29. The van der Waals surface area contributed by atoms with Crippen LogP contribution in [-0.2, 0) is 0 Å². The van der Waals surface area contributed by atoms with E-state index in [1.807, 2.05) is 24.3 Å². The van der Waals surface area contributed by atoms with Crippen molar-refractivity contribution in [3.05, 3.63) is 54.9 Å². The minimum Gasteiger partial charge on any atom is -0.497 e. The standard InChI is InChI=1S/C12H10ClINO/c1-16-10-7-5-9(6-8-10)14-12-4-2-3-11(13)15-12/h2-8H,1H3/q+1. The maximum Gasteiger partial charge on any atom is 0.379 e. The molecular weight excluding hydrogens is 336 g/mol. The maximum atomic E-state index is 5.85. The number of aromatic nitrogens is 1. The third-order valence-corrected chi connectivity index (χ3v) is 4.64. The minimum absolute atomic E-state index is 0.257. The van der Waals surface area contributed by atoms with Crippen molar-refractivity contribution in [1.29, 1.82) is 0 Å². The molecule has 1 heterocycles. The Bertz CT molecular complexity index is 473. The molecule has 2 rings (SSSR count). The normalized spacial score (nSPS) is 10.1. The van der Waals surface area contributed by atoms with Crippen molar-refractivity contribution in [2.24, 2.45) is 0 Å². The lowest BCUT2D eigenvalue weighted by Gasteiger charge is -1.95. The molecule has 0 unspecified atom stereocenters. The van der Waals surface area contributed by atoms with Crippen molar-refractivity contribution in [3.8, 4) is 5.75 Å². The fourth-order valence-electron chi connectivity index (χ4n) is 1.18. The van der Waals surface area contributed by atoms with Crippen LogP contribution in [0.25, 0.3) is 0 Å². The minimum atomic E-state index is -0.257. The summed E-state index contributed by atoms with van der Waals surface area (Å²) in [5.74, 6) is 0.881. The van der Waals surface area contributed by atoms with Crippen LogP contribution in [0.15, 0.2) is 42.5 Å². The zero-order chi connectivity index (χ0) is 11.4. The number of hydrogen-bond donors (Lipinski definition) is 0. The van der Waals surface area contributed by atoms with Gasteiger partial charge in [0.1, 0.15) is 10.9 Å². The number of methoxy groups -OCH3 is 1. The van der Waals surface area contributed by atoms with E-state index < -0.39 is 0 Å². The molecule has 0 aliphatic carbocycles. The molecule has 0 aliphatic heterocycles. The summed E-state index contributed by atoms with van der Waals surface area (Å²) in [6.45, 7) is 0. The van der Waals surface area contributed by atoms with Crippen molar-refractivity contribution in [1.82, 2.24) is 4.98 Å². The Morgan fingerprint density at radius 2 is 1.88 bits per heavy atom. The van der Waals surface area contributed by atoms with Crippen LogP contribution < -0.4 is 25.9 Å². The van der Waals surface area contributed by atoms with Gasteiger partial charge in [0, 0.05) is 6.07 Å². The van der Waals surface area contributed by atoms with Gasteiger partial charge >= 0.3 is 21.2 Å². The SMILES string of the molecule is COc1ccc([I+]c2cccc(Cl)n2)cc1. The largest absolute Gasteiger partial charge is 0.497 e. The van der Waals surface area contributed by atoms with Gasteiger partial charge in [-0.3, -0.25) is 0 Å². The van der Waals surface area contributed by atoms with Gasteiger partial charge in [0.25, 0.3) is 3.70 Å². The number of ether oxygens (including phenoxy) is 1. The van der Waals surface area contributed by atoms with Gasteiger partial charge in [0.05, 0.1) is 7.11 Å². The summed E-state index contributed by atoms with van der Waals surface area (Å²) in [4.78, 5) is 4.29. The Balaban J connectivity index is 2.14. The van der Waals surface area contributed by atoms with Crippen molar-refractivity contribution >= 4 is 11.6 Å². The predicted octanol–water partition coefficient (Wildman–Crippen LogP) is -0.128. The number of nitrogens with zero attached hydrogens (tertiary/aromatic N) is 1. The Labute approximate surface area is 110 Å². The van der Waals surface area contributed by atoms with E-state index in [1.165, 1.54) is 3.57 Å². The van der Waals surface area contributed by atoms with Crippen LogP contribution in [0.4, 0.5) is 0 Å². The Hall–Kier alpha value is -0.810. The van der Waals surface area contributed by atoms with Crippen molar-refractivity contribution in [3.63, 3.8) is 0 Å². The second-order valence-electron chi connectivity index (χ2n) is 3.04. The summed E-state index contributed by atoms with van der Waals surface area (Å²) in [5.41, 5.74) is 0. The maximum absolute atomic E-state index is 5.85. The zero-order valence-electron chi connectivity index (χ0n) is 8.65. The molecule has 1 aromatic heterocycles. The first kappa shape index (κ1) is 11.7. The van der Waals surface area contributed by atoms with Gasteiger partial charge in [-0.15, -0.1) is 0 Å². The third kappa shape index (κ3) is 3.09. The molecule has 1 aromatic carbocycles. The molecule has 2 aromatic rings. The van der Waals surface area contributed by atoms with Crippen LogP contribution in [0.5, 0.6) is 5.75 Å². The fraction of sp³-hybridized carbons (Fsp3) is 0.0833. The smallest absolute Gasteiger partial charge is 0.379 e. The molecule has 16 heavy (non-hydrogen) atoms. The average Bonchev–Trinajstić information content (AvgIpc) is 2.30. The van der Waals surface area contributed by atoms with Crippen LogP contribution in [-0.4, -0.2) is 12.1 Å². The van der Waals surface area contributed by atoms with E-state index in [9.17, 15) is 0 Å². The summed E-state index contributed by atoms with van der Waals surface area (Å²) in [6, 6.07) is 13.8. The van der Waals surface area contributed by atoms with Gasteiger partial charge in [0.2, 0.25) is 0 Å². The van der Waals surface area contributed by atoms with Crippen LogP contribution in [0.1, 0.15) is 0 Å². The number of pyridine rings is 1. The van der Waals surface area contributed by atoms with E-state index >= 15 is 0 Å². The highest BCUT2D eigenvalue weighted by Gasteiger charge is 2.17. The Morgan fingerprint density at radius 1 is 1.12 bits per heavy atom. The number of hydrogen-bond acceptors (Lipinski definition) is 2. The van der Waals surface area contributed by atoms with Gasteiger partial charge in [-0.25, -0.2) is 0 Å².